The first kappa shape index (κ1) is 16.7. The monoisotopic (exact) mass is 336 g/mol. The fourth-order valence-corrected chi connectivity index (χ4v) is 3.18. The standard InChI is InChI=1S/C18H20N6O/c1-25-9-7-15-17(21-12-22-18(15)20)14-10-23-24(11-14)16(6-8-19)13-4-2-3-5-13/h6-7,9-13H,2-5H2,1H3,(H2,20,21,22)/b9-7+,16-6-. The van der Waals surface area contributed by atoms with Gasteiger partial charge in [-0.3, -0.25) is 0 Å². The van der Waals surface area contributed by atoms with Gasteiger partial charge in [0.15, 0.2) is 0 Å². The van der Waals surface area contributed by atoms with Crippen molar-refractivity contribution in [2.75, 3.05) is 12.8 Å². The lowest BCUT2D eigenvalue weighted by molar-refractivity contribution is 0.341. The number of nitrogens with zero attached hydrogens (tertiary/aromatic N) is 5. The fourth-order valence-electron chi connectivity index (χ4n) is 3.18. The number of nitriles is 1. The van der Waals surface area contributed by atoms with Crippen molar-refractivity contribution in [3.05, 3.63) is 36.6 Å². The van der Waals surface area contributed by atoms with E-state index in [1.165, 1.54) is 25.4 Å². The minimum Gasteiger partial charge on any atom is -0.504 e. The van der Waals surface area contributed by atoms with Gasteiger partial charge in [-0.25, -0.2) is 14.6 Å². The Bertz CT molecular complexity index is 839. The summed E-state index contributed by atoms with van der Waals surface area (Å²) in [6.07, 6.45) is 14.4. The van der Waals surface area contributed by atoms with Crippen molar-refractivity contribution in [2.45, 2.75) is 25.7 Å². The average Bonchev–Trinajstić information content (AvgIpc) is 3.30. The van der Waals surface area contributed by atoms with Crippen LogP contribution in [0.1, 0.15) is 31.2 Å². The maximum atomic E-state index is 9.13. The van der Waals surface area contributed by atoms with Crippen LogP contribution in [0.25, 0.3) is 23.0 Å². The molecule has 25 heavy (non-hydrogen) atoms. The minimum absolute atomic E-state index is 0.370. The van der Waals surface area contributed by atoms with Crippen molar-refractivity contribution < 1.29 is 4.74 Å². The van der Waals surface area contributed by atoms with Crippen LogP contribution in [0.3, 0.4) is 0 Å². The molecule has 128 valence electrons. The number of ether oxygens (including phenoxy) is 1. The molecule has 2 aromatic rings. The van der Waals surface area contributed by atoms with E-state index in [1.54, 1.807) is 30.1 Å². The van der Waals surface area contributed by atoms with Crippen LogP contribution in [0.4, 0.5) is 5.82 Å². The van der Waals surface area contributed by atoms with Gasteiger partial charge in [0.1, 0.15) is 12.1 Å². The maximum absolute atomic E-state index is 9.13. The van der Waals surface area contributed by atoms with Gasteiger partial charge in [0.25, 0.3) is 0 Å². The van der Waals surface area contributed by atoms with Gasteiger partial charge >= 0.3 is 0 Å². The normalized spacial score (nSPS) is 15.6. The van der Waals surface area contributed by atoms with Crippen molar-refractivity contribution in [1.29, 1.82) is 5.26 Å². The lowest BCUT2D eigenvalue weighted by Crippen LogP contribution is -2.06. The quantitative estimate of drug-likeness (QED) is 0.665. The zero-order valence-electron chi connectivity index (χ0n) is 14.1. The van der Waals surface area contributed by atoms with Crippen molar-refractivity contribution in [1.82, 2.24) is 19.7 Å². The van der Waals surface area contributed by atoms with Crippen molar-refractivity contribution in [2.24, 2.45) is 5.92 Å². The van der Waals surface area contributed by atoms with E-state index in [0.717, 1.165) is 24.1 Å². The second kappa shape index (κ2) is 7.62. The summed E-state index contributed by atoms with van der Waals surface area (Å²) in [7, 11) is 1.56. The molecule has 0 amide bonds. The van der Waals surface area contributed by atoms with Crippen LogP contribution in [0.5, 0.6) is 0 Å². The van der Waals surface area contributed by atoms with E-state index in [0.29, 0.717) is 23.0 Å². The molecule has 1 fully saturated rings. The number of allylic oxidation sites excluding steroid dienone is 2. The summed E-state index contributed by atoms with van der Waals surface area (Å²) in [4.78, 5) is 8.37. The van der Waals surface area contributed by atoms with E-state index in [9.17, 15) is 0 Å². The average molecular weight is 336 g/mol. The highest BCUT2D eigenvalue weighted by atomic mass is 16.5. The Labute approximate surface area is 146 Å². The largest absolute Gasteiger partial charge is 0.504 e. The molecule has 3 rings (SSSR count). The zero-order valence-corrected chi connectivity index (χ0v) is 14.1. The molecule has 1 aliphatic rings. The fraction of sp³-hybridized carbons (Fsp3) is 0.333. The maximum Gasteiger partial charge on any atom is 0.134 e. The van der Waals surface area contributed by atoms with Crippen molar-refractivity contribution in [3.63, 3.8) is 0 Å². The van der Waals surface area contributed by atoms with Gasteiger partial charge in [0.2, 0.25) is 0 Å². The van der Waals surface area contributed by atoms with Gasteiger partial charge < -0.3 is 10.5 Å². The number of methoxy groups -OCH3 is 1. The first-order valence-corrected chi connectivity index (χ1v) is 8.19. The number of nitrogens with two attached hydrogens (primary N) is 1. The number of aromatic nitrogens is 4. The number of hydrogen-bond donors (Lipinski definition) is 1. The summed E-state index contributed by atoms with van der Waals surface area (Å²) >= 11 is 0. The summed E-state index contributed by atoms with van der Waals surface area (Å²) < 4.78 is 6.75. The second-order valence-corrected chi connectivity index (χ2v) is 5.91. The molecule has 2 N–H and O–H groups in total. The van der Waals surface area contributed by atoms with Crippen molar-refractivity contribution >= 4 is 17.6 Å². The molecule has 0 aliphatic heterocycles. The molecular formula is C18H20N6O. The molecule has 2 aromatic heterocycles. The smallest absolute Gasteiger partial charge is 0.134 e. The van der Waals surface area contributed by atoms with Crippen LogP contribution in [0, 0.1) is 17.2 Å². The minimum atomic E-state index is 0.370. The number of anilines is 1. The number of rotatable bonds is 5. The molecular weight excluding hydrogens is 316 g/mol. The second-order valence-electron chi connectivity index (χ2n) is 5.91. The summed E-state index contributed by atoms with van der Waals surface area (Å²) in [5, 5.41) is 13.6. The zero-order chi connectivity index (χ0) is 17.6. The number of nitrogen functional groups attached to an aromatic ring is 1. The lowest BCUT2D eigenvalue weighted by Gasteiger charge is -2.13. The number of hydrogen-bond acceptors (Lipinski definition) is 6. The highest BCUT2D eigenvalue weighted by Gasteiger charge is 2.22. The molecule has 0 aromatic carbocycles. The van der Waals surface area contributed by atoms with E-state index < -0.39 is 0 Å². The van der Waals surface area contributed by atoms with Crippen LogP contribution in [0.15, 0.2) is 31.1 Å². The summed E-state index contributed by atoms with van der Waals surface area (Å²) in [6, 6.07) is 2.14. The lowest BCUT2D eigenvalue weighted by atomic mass is 10.0. The van der Waals surface area contributed by atoms with Gasteiger partial charge in [-0.1, -0.05) is 12.8 Å². The van der Waals surface area contributed by atoms with Gasteiger partial charge in [0, 0.05) is 29.3 Å². The summed E-state index contributed by atoms with van der Waals surface area (Å²) in [5.41, 5.74) is 9.07. The van der Waals surface area contributed by atoms with Crippen LogP contribution in [-0.2, 0) is 4.74 Å². The van der Waals surface area contributed by atoms with E-state index in [1.807, 2.05) is 6.20 Å². The van der Waals surface area contributed by atoms with Gasteiger partial charge in [-0.05, 0) is 18.9 Å². The molecule has 0 atom stereocenters. The SMILES string of the molecule is CO/C=C/c1c(N)ncnc1-c1cnn(/C(=C\C#N)C2CCCC2)c1. The molecule has 0 unspecified atom stereocenters. The van der Waals surface area contributed by atoms with Crippen LogP contribution >= 0.6 is 0 Å². The molecule has 0 bridgehead atoms. The Morgan fingerprint density at radius 1 is 1.40 bits per heavy atom. The Hall–Kier alpha value is -3.14. The highest BCUT2D eigenvalue weighted by Crippen LogP contribution is 2.34. The molecule has 2 heterocycles. The van der Waals surface area contributed by atoms with E-state index in [-0.39, 0.29) is 0 Å². The Kier molecular flexibility index (Phi) is 5.09. The van der Waals surface area contributed by atoms with Crippen LogP contribution in [0.2, 0.25) is 0 Å². The van der Waals surface area contributed by atoms with Crippen LogP contribution in [-0.4, -0.2) is 26.9 Å². The predicted octanol–water partition coefficient (Wildman–Crippen LogP) is 3.09. The van der Waals surface area contributed by atoms with Crippen molar-refractivity contribution in [3.8, 4) is 17.3 Å². The molecule has 0 radical (unpaired) electrons. The van der Waals surface area contributed by atoms with Gasteiger partial charge in [-0.15, -0.1) is 0 Å². The third-order valence-electron chi connectivity index (χ3n) is 4.39. The Balaban J connectivity index is 1.99. The molecule has 1 aliphatic carbocycles. The third kappa shape index (κ3) is 3.53. The molecule has 0 spiro atoms. The topological polar surface area (TPSA) is 103 Å². The Morgan fingerprint density at radius 2 is 2.20 bits per heavy atom. The van der Waals surface area contributed by atoms with E-state index in [4.69, 9.17) is 15.7 Å². The first-order valence-electron chi connectivity index (χ1n) is 8.19. The summed E-state index contributed by atoms with van der Waals surface area (Å²) in [6.45, 7) is 0. The molecule has 0 saturated heterocycles. The van der Waals surface area contributed by atoms with Gasteiger partial charge in [-0.2, -0.15) is 10.4 Å². The van der Waals surface area contributed by atoms with Crippen LogP contribution < -0.4 is 5.73 Å². The highest BCUT2D eigenvalue weighted by molar-refractivity contribution is 5.77. The van der Waals surface area contributed by atoms with E-state index in [2.05, 4.69) is 21.1 Å². The summed E-state index contributed by atoms with van der Waals surface area (Å²) in [5.74, 6) is 0.741. The van der Waals surface area contributed by atoms with Gasteiger partial charge in [0.05, 0.1) is 37.0 Å². The first-order chi connectivity index (χ1) is 12.2. The third-order valence-corrected chi connectivity index (χ3v) is 4.39. The molecule has 7 heteroatoms. The predicted molar refractivity (Wildman–Crippen MR) is 95.6 cm³/mol. The molecule has 1 saturated carbocycles. The van der Waals surface area contributed by atoms with E-state index >= 15 is 0 Å². The molecule has 7 nitrogen and oxygen atoms in total. The Morgan fingerprint density at radius 3 is 2.92 bits per heavy atom.